The Hall–Kier alpha value is -2.52. The van der Waals surface area contributed by atoms with Crippen LogP contribution in [0.15, 0.2) is 40.9 Å². The largest absolute Gasteiger partial charge is 0.454 e. The van der Waals surface area contributed by atoms with Crippen molar-refractivity contribution in [1.82, 2.24) is 14.8 Å². The monoisotopic (exact) mass is 414 g/mol. The van der Waals surface area contributed by atoms with Gasteiger partial charge in [0.05, 0.1) is 10.1 Å². The Morgan fingerprint density at radius 3 is 2.93 bits per heavy atom. The fourth-order valence-electron chi connectivity index (χ4n) is 3.02. The number of carbonyl (C=O) groups excluding carboxylic acids is 1. The van der Waals surface area contributed by atoms with E-state index in [1.165, 1.54) is 11.8 Å². The van der Waals surface area contributed by atoms with Crippen molar-refractivity contribution < 1.29 is 14.3 Å². The third-order valence-corrected chi connectivity index (χ3v) is 6.53. The quantitative estimate of drug-likeness (QED) is 0.610. The SMILES string of the molecule is C[C@@H](Sc1nnc(-c2cccs2)n1C1CC1)C(=O)Nc1ccc2c(c1)OCO2. The van der Waals surface area contributed by atoms with Gasteiger partial charge >= 0.3 is 0 Å². The maximum Gasteiger partial charge on any atom is 0.237 e. The third-order valence-electron chi connectivity index (χ3n) is 4.61. The first-order chi connectivity index (χ1) is 13.7. The lowest BCUT2D eigenvalue weighted by molar-refractivity contribution is -0.115. The zero-order chi connectivity index (χ0) is 19.1. The van der Waals surface area contributed by atoms with Gasteiger partial charge in [0.2, 0.25) is 12.7 Å². The van der Waals surface area contributed by atoms with Crippen molar-refractivity contribution >= 4 is 34.7 Å². The fraction of sp³-hybridized carbons (Fsp3) is 0.316. The zero-order valence-corrected chi connectivity index (χ0v) is 16.8. The molecule has 0 unspecified atom stereocenters. The number of nitrogens with zero attached hydrogens (tertiary/aromatic N) is 3. The predicted octanol–water partition coefficient (Wildman–Crippen LogP) is 4.19. The summed E-state index contributed by atoms with van der Waals surface area (Å²) in [6, 6.07) is 9.88. The van der Waals surface area contributed by atoms with Gasteiger partial charge < -0.3 is 14.8 Å². The van der Waals surface area contributed by atoms with Gasteiger partial charge in [-0.2, -0.15) is 0 Å². The van der Waals surface area contributed by atoms with Gasteiger partial charge in [-0.1, -0.05) is 17.8 Å². The molecule has 5 rings (SSSR count). The van der Waals surface area contributed by atoms with Crippen molar-refractivity contribution in [3.63, 3.8) is 0 Å². The number of anilines is 1. The van der Waals surface area contributed by atoms with E-state index in [9.17, 15) is 4.79 Å². The molecule has 1 aromatic carbocycles. The van der Waals surface area contributed by atoms with Gasteiger partial charge in [-0.3, -0.25) is 9.36 Å². The number of amides is 1. The molecule has 9 heteroatoms. The number of hydrogen-bond acceptors (Lipinski definition) is 7. The van der Waals surface area contributed by atoms with Gasteiger partial charge in [-0.25, -0.2) is 0 Å². The van der Waals surface area contributed by atoms with Crippen LogP contribution < -0.4 is 14.8 Å². The molecule has 28 heavy (non-hydrogen) atoms. The van der Waals surface area contributed by atoms with Crippen LogP contribution >= 0.6 is 23.1 Å². The minimum Gasteiger partial charge on any atom is -0.454 e. The van der Waals surface area contributed by atoms with Crippen LogP contribution in [0.2, 0.25) is 0 Å². The zero-order valence-electron chi connectivity index (χ0n) is 15.1. The van der Waals surface area contributed by atoms with Gasteiger partial charge in [0.1, 0.15) is 0 Å². The lowest BCUT2D eigenvalue weighted by atomic mass is 10.2. The van der Waals surface area contributed by atoms with E-state index in [1.54, 1.807) is 23.5 Å². The molecule has 7 nitrogen and oxygen atoms in total. The molecule has 1 amide bonds. The second kappa shape index (κ2) is 7.14. The molecule has 144 valence electrons. The number of aromatic nitrogens is 3. The van der Waals surface area contributed by atoms with Crippen molar-refractivity contribution in [3.8, 4) is 22.2 Å². The first-order valence-electron chi connectivity index (χ1n) is 9.05. The van der Waals surface area contributed by atoms with Crippen LogP contribution in [0.4, 0.5) is 5.69 Å². The van der Waals surface area contributed by atoms with Gasteiger partial charge in [-0.05, 0) is 43.3 Å². The molecule has 1 aliphatic heterocycles. The summed E-state index contributed by atoms with van der Waals surface area (Å²) in [5, 5.41) is 14.2. The van der Waals surface area contributed by atoms with Crippen molar-refractivity contribution in [2.45, 2.75) is 36.2 Å². The number of benzene rings is 1. The van der Waals surface area contributed by atoms with E-state index in [2.05, 4.69) is 26.1 Å². The van der Waals surface area contributed by atoms with Gasteiger partial charge in [0.25, 0.3) is 0 Å². The van der Waals surface area contributed by atoms with E-state index in [0.29, 0.717) is 23.2 Å². The Balaban J connectivity index is 1.31. The molecule has 0 bridgehead atoms. The molecule has 1 atom stereocenters. The van der Waals surface area contributed by atoms with Crippen molar-refractivity contribution in [1.29, 1.82) is 0 Å². The molecule has 2 aliphatic rings. The van der Waals surface area contributed by atoms with Crippen LogP contribution in [0, 0.1) is 0 Å². The van der Waals surface area contributed by atoms with E-state index < -0.39 is 0 Å². The number of thiophene rings is 1. The Morgan fingerprint density at radius 2 is 2.14 bits per heavy atom. The highest BCUT2D eigenvalue weighted by Crippen LogP contribution is 2.42. The number of carbonyl (C=O) groups is 1. The van der Waals surface area contributed by atoms with Crippen LogP contribution in [0.5, 0.6) is 11.5 Å². The number of nitrogens with one attached hydrogen (secondary N) is 1. The maximum atomic E-state index is 12.7. The summed E-state index contributed by atoms with van der Waals surface area (Å²) in [5.74, 6) is 2.14. The van der Waals surface area contributed by atoms with Crippen LogP contribution in [0.3, 0.4) is 0 Å². The highest BCUT2D eigenvalue weighted by atomic mass is 32.2. The van der Waals surface area contributed by atoms with E-state index in [4.69, 9.17) is 9.47 Å². The van der Waals surface area contributed by atoms with Crippen LogP contribution in [-0.2, 0) is 4.79 Å². The molecule has 3 heterocycles. The maximum absolute atomic E-state index is 12.7. The molecule has 2 aromatic heterocycles. The number of hydrogen-bond donors (Lipinski definition) is 1. The average molecular weight is 415 g/mol. The summed E-state index contributed by atoms with van der Waals surface area (Å²) < 4.78 is 12.8. The standard InChI is InChI=1S/C19H18N4O3S2/c1-11(18(24)20-12-4-7-14-15(9-12)26-10-25-14)28-19-22-21-17(16-3-2-8-27-16)23(19)13-5-6-13/h2-4,7-9,11,13H,5-6,10H2,1H3,(H,20,24)/t11-/m1/s1. The molecular weight excluding hydrogens is 396 g/mol. The lowest BCUT2D eigenvalue weighted by Gasteiger charge is -2.13. The molecule has 0 saturated heterocycles. The molecule has 1 saturated carbocycles. The molecule has 1 fully saturated rings. The summed E-state index contributed by atoms with van der Waals surface area (Å²) in [7, 11) is 0. The highest BCUT2D eigenvalue weighted by molar-refractivity contribution is 8.00. The summed E-state index contributed by atoms with van der Waals surface area (Å²) in [5.41, 5.74) is 0.685. The lowest BCUT2D eigenvalue weighted by Crippen LogP contribution is -2.22. The van der Waals surface area contributed by atoms with E-state index in [-0.39, 0.29) is 18.0 Å². The van der Waals surface area contributed by atoms with Gasteiger partial charge in [0.15, 0.2) is 22.5 Å². The van der Waals surface area contributed by atoms with E-state index >= 15 is 0 Å². The summed E-state index contributed by atoms with van der Waals surface area (Å²) in [6.45, 7) is 2.09. The fourth-order valence-corrected chi connectivity index (χ4v) is 4.65. The minimum absolute atomic E-state index is 0.0908. The van der Waals surface area contributed by atoms with E-state index in [0.717, 1.165) is 28.7 Å². The number of rotatable bonds is 6. The Labute approximate surface area is 170 Å². The highest BCUT2D eigenvalue weighted by Gasteiger charge is 2.31. The van der Waals surface area contributed by atoms with Gasteiger partial charge in [0, 0.05) is 17.8 Å². The van der Waals surface area contributed by atoms with Crippen molar-refractivity contribution in [3.05, 3.63) is 35.7 Å². The Bertz CT molecular complexity index is 1010. The number of fused-ring (bicyclic) bond motifs is 1. The second-order valence-electron chi connectivity index (χ2n) is 6.70. The average Bonchev–Trinajstić information content (AvgIpc) is 3.11. The molecule has 0 spiro atoms. The predicted molar refractivity (Wildman–Crippen MR) is 108 cm³/mol. The van der Waals surface area contributed by atoms with Gasteiger partial charge in [-0.15, -0.1) is 21.5 Å². The first-order valence-corrected chi connectivity index (χ1v) is 10.8. The normalized spacial score (nSPS) is 16.2. The van der Waals surface area contributed by atoms with Crippen LogP contribution in [0.25, 0.3) is 10.7 Å². The summed E-state index contributed by atoms with van der Waals surface area (Å²) >= 11 is 3.09. The molecular formula is C19H18N4O3S2. The number of ether oxygens (including phenoxy) is 2. The Morgan fingerprint density at radius 1 is 1.29 bits per heavy atom. The van der Waals surface area contributed by atoms with Crippen LogP contribution in [0.1, 0.15) is 25.8 Å². The summed E-state index contributed by atoms with van der Waals surface area (Å²) in [6.07, 6.45) is 2.25. The topological polar surface area (TPSA) is 78.3 Å². The van der Waals surface area contributed by atoms with Crippen molar-refractivity contribution in [2.24, 2.45) is 0 Å². The Kier molecular flexibility index (Phi) is 4.48. The smallest absolute Gasteiger partial charge is 0.237 e. The second-order valence-corrected chi connectivity index (χ2v) is 8.96. The molecule has 0 radical (unpaired) electrons. The molecule has 1 N–H and O–H groups in total. The summed E-state index contributed by atoms with van der Waals surface area (Å²) in [4.78, 5) is 13.8. The first kappa shape index (κ1) is 17.6. The molecule has 3 aromatic rings. The van der Waals surface area contributed by atoms with Crippen LogP contribution in [-0.4, -0.2) is 32.7 Å². The third kappa shape index (κ3) is 3.35. The van der Waals surface area contributed by atoms with E-state index in [1.807, 2.05) is 24.4 Å². The van der Waals surface area contributed by atoms with Crippen molar-refractivity contribution in [2.75, 3.05) is 12.1 Å². The number of thioether (sulfide) groups is 1. The minimum atomic E-state index is -0.316. The molecule has 1 aliphatic carbocycles.